The second-order valence-electron chi connectivity index (χ2n) is 5.48. The highest BCUT2D eigenvalue weighted by Gasteiger charge is 2.29. The largest absolute Gasteiger partial charge is 0.495 e. The first-order valence-corrected chi connectivity index (χ1v) is 9.33. The molecule has 0 spiro atoms. The topological polar surface area (TPSA) is 75.7 Å². The zero-order valence-corrected chi connectivity index (χ0v) is 15.3. The zero-order chi connectivity index (χ0) is 18.3. The molecule has 1 N–H and O–H groups in total. The minimum Gasteiger partial charge on any atom is -0.495 e. The predicted octanol–water partition coefficient (Wildman–Crippen LogP) is 2.15. The van der Waals surface area contributed by atoms with Gasteiger partial charge in [0.15, 0.2) is 0 Å². The van der Waals surface area contributed by atoms with Gasteiger partial charge in [0.2, 0.25) is 15.9 Å². The highest BCUT2D eigenvalue weighted by molar-refractivity contribution is 7.89. The first-order chi connectivity index (χ1) is 11.3. The molecular weight excluding hydrogens is 335 g/mol. The molecule has 0 aliphatic carbocycles. The Labute approximate surface area is 143 Å². The zero-order valence-electron chi connectivity index (χ0n) is 14.5. The Balaban J connectivity index is 3.02. The van der Waals surface area contributed by atoms with Crippen LogP contribution < -0.4 is 10.1 Å². The molecule has 136 valence electrons. The van der Waals surface area contributed by atoms with Gasteiger partial charge in [0.1, 0.15) is 16.5 Å². The Morgan fingerprint density at radius 1 is 1.38 bits per heavy atom. The Kier molecular flexibility index (Phi) is 7.62. The Bertz CT molecular complexity index is 664. The van der Waals surface area contributed by atoms with Crippen LogP contribution in [-0.2, 0) is 14.8 Å². The molecule has 24 heavy (non-hydrogen) atoms. The van der Waals surface area contributed by atoms with E-state index < -0.39 is 21.7 Å². The van der Waals surface area contributed by atoms with Crippen molar-refractivity contribution in [3.05, 3.63) is 24.0 Å². The molecule has 0 aliphatic heterocycles. The van der Waals surface area contributed by atoms with E-state index in [0.29, 0.717) is 0 Å². The molecule has 1 rings (SSSR count). The van der Waals surface area contributed by atoms with Crippen LogP contribution in [0.4, 0.5) is 4.39 Å². The monoisotopic (exact) mass is 360 g/mol. The first-order valence-electron chi connectivity index (χ1n) is 7.89. The summed E-state index contributed by atoms with van der Waals surface area (Å²) in [6, 6.07) is 3.23. The van der Waals surface area contributed by atoms with E-state index in [1.165, 1.54) is 13.2 Å². The lowest BCUT2D eigenvalue weighted by Gasteiger charge is -2.22. The molecule has 0 fully saturated rings. The maximum Gasteiger partial charge on any atom is 0.247 e. The third-order valence-corrected chi connectivity index (χ3v) is 5.49. The van der Waals surface area contributed by atoms with Crippen LogP contribution in [0.1, 0.15) is 33.6 Å². The maximum absolute atomic E-state index is 13.5. The van der Waals surface area contributed by atoms with E-state index in [0.717, 1.165) is 29.3 Å². The smallest absolute Gasteiger partial charge is 0.247 e. The molecule has 6 nitrogen and oxygen atoms in total. The maximum atomic E-state index is 13.5. The highest BCUT2D eigenvalue weighted by Crippen LogP contribution is 2.27. The van der Waals surface area contributed by atoms with Gasteiger partial charge in [0.05, 0.1) is 13.7 Å². The van der Waals surface area contributed by atoms with E-state index in [1.54, 1.807) is 6.92 Å². The van der Waals surface area contributed by atoms with Gasteiger partial charge in [0.25, 0.3) is 0 Å². The van der Waals surface area contributed by atoms with Gasteiger partial charge in [-0.15, -0.1) is 0 Å². The molecule has 1 atom stereocenters. The summed E-state index contributed by atoms with van der Waals surface area (Å²) in [6.07, 6.45) is 1.72. The number of sulfonamides is 1. The number of hydrogen-bond acceptors (Lipinski definition) is 4. The van der Waals surface area contributed by atoms with E-state index >= 15 is 0 Å². The van der Waals surface area contributed by atoms with Crippen LogP contribution in [-0.4, -0.2) is 44.9 Å². The van der Waals surface area contributed by atoms with E-state index in [4.69, 9.17) is 4.74 Å². The van der Waals surface area contributed by atoms with Crippen LogP contribution in [0.2, 0.25) is 0 Å². The van der Waals surface area contributed by atoms with Gasteiger partial charge in [-0.2, -0.15) is 4.31 Å². The van der Waals surface area contributed by atoms with Crippen LogP contribution in [0, 0.1) is 5.82 Å². The molecule has 0 saturated heterocycles. The number of methoxy groups -OCH3 is 1. The average Bonchev–Trinajstić information content (AvgIpc) is 2.52. The SMILES string of the molecule is CCC[C@@H](C)NC(=O)CN(CC)S(=O)(=O)c1cc(F)ccc1OC. The summed E-state index contributed by atoms with van der Waals surface area (Å²) in [6.45, 7) is 5.24. The number of halogens is 1. The molecule has 1 amide bonds. The molecule has 1 aromatic carbocycles. The molecule has 0 heterocycles. The second-order valence-corrected chi connectivity index (χ2v) is 7.39. The average molecular weight is 360 g/mol. The standard InChI is InChI=1S/C16H25FN2O4S/c1-5-7-12(3)18-16(20)11-19(6-2)24(21,22)15-10-13(17)8-9-14(15)23-4/h8-10,12H,5-7,11H2,1-4H3,(H,18,20)/t12-/m1/s1. The third-order valence-electron chi connectivity index (χ3n) is 3.55. The number of likely N-dealkylation sites (N-methyl/N-ethyl adjacent to an activating group) is 1. The predicted molar refractivity (Wildman–Crippen MR) is 89.9 cm³/mol. The lowest BCUT2D eigenvalue weighted by atomic mass is 10.2. The number of carbonyl (C=O) groups is 1. The second kappa shape index (κ2) is 8.98. The summed E-state index contributed by atoms with van der Waals surface area (Å²) in [4.78, 5) is 11.8. The molecule has 0 aromatic heterocycles. The lowest BCUT2D eigenvalue weighted by molar-refractivity contribution is -0.121. The van der Waals surface area contributed by atoms with Crippen molar-refractivity contribution in [2.24, 2.45) is 0 Å². The van der Waals surface area contributed by atoms with Crippen molar-refractivity contribution < 1.29 is 22.3 Å². The van der Waals surface area contributed by atoms with Gasteiger partial charge >= 0.3 is 0 Å². The number of carbonyl (C=O) groups excluding carboxylic acids is 1. The van der Waals surface area contributed by atoms with Crippen LogP contribution >= 0.6 is 0 Å². The van der Waals surface area contributed by atoms with Crippen LogP contribution in [0.3, 0.4) is 0 Å². The number of benzene rings is 1. The van der Waals surface area contributed by atoms with Crippen molar-refractivity contribution in [3.8, 4) is 5.75 Å². The number of nitrogens with one attached hydrogen (secondary N) is 1. The van der Waals surface area contributed by atoms with Crippen LogP contribution in [0.15, 0.2) is 23.1 Å². The summed E-state index contributed by atoms with van der Waals surface area (Å²) >= 11 is 0. The normalized spacial score (nSPS) is 12.9. The van der Waals surface area contributed by atoms with Crippen molar-refractivity contribution in [2.75, 3.05) is 20.2 Å². The summed E-state index contributed by atoms with van der Waals surface area (Å²) in [7, 11) is -2.74. The molecule has 0 bridgehead atoms. The molecular formula is C16H25FN2O4S. The third kappa shape index (κ3) is 5.17. The molecule has 8 heteroatoms. The van der Waals surface area contributed by atoms with E-state index in [1.807, 2.05) is 13.8 Å². The summed E-state index contributed by atoms with van der Waals surface area (Å²) in [5.74, 6) is -1.04. The molecule has 0 radical (unpaired) electrons. The van der Waals surface area contributed by atoms with Gasteiger partial charge in [-0.25, -0.2) is 12.8 Å². The van der Waals surface area contributed by atoms with Crippen LogP contribution in [0.5, 0.6) is 5.75 Å². The van der Waals surface area contributed by atoms with Crippen molar-refractivity contribution in [1.29, 1.82) is 0 Å². The Morgan fingerprint density at radius 2 is 2.04 bits per heavy atom. The molecule has 0 saturated carbocycles. The van der Waals surface area contributed by atoms with Gasteiger partial charge in [0, 0.05) is 12.6 Å². The fourth-order valence-corrected chi connectivity index (χ4v) is 3.92. The quantitative estimate of drug-likeness (QED) is 0.732. The van der Waals surface area contributed by atoms with Gasteiger partial charge in [-0.05, 0) is 31.5 Å². The summed E-state index contributed by atoms with van der Waals surface area (Å²) in [5, 5.41) is 2.76. The summed E-state index contributed by atoms with van der Waals surface area (Å²) < 4.78 is 45.0. The molecule has 0 unspecified atom stereocenters. The minimum absolute atomic E-state index is 0.0346. The van der Waals surface area contributed by atoms with Crippen molar-refractivity contribution >= 4 is 15.9 Å². The van der Waals surface area contributed by atoms with E-state index in [9.17, 15) is 17.6 Å². The summed E-state index contributed by atoms with van der Waals surface area (Å²) in [5.41, 5.74) is 0. The van der Waals surface area contributed by atoms with Crippen molar-refractivity contribution in [2.45, 2.75) is 44.6 Å². The van der Waals surface area contributed by atoms with Gasteiger partial charge in [-0.3, -0.25) is 4.79 Å². The number of nitrogens with zero attached hydrogens (tertiary/aromatic N) is 1. The van der Waals surface area contributed by atoms with Crippen LogP contribution in [0.25, 0.3) is 0 Å². The first kappa shape index (κ1) is 20.4. The van der Waals surface area contributed by atoms with E-state index in [2.05, 4.69) is 5.32 Å². The van der Waals surface area contributed by atoms with E-state index in [-0.39, 0.29) is 29.8 Å². The van der Waals surface area contributed by atoms with Gasteiger partial charge < -0.3 is 10.1 Å². The van der Waals surface area contributed by atoms with Crippen molar-refractivity contribution in [3.63, 3.8) is 0 Å². The molecule has 1 aromatic rings. The molecule has 0 aliphatic rings. The van der Waals surface area contributed by atoms with Crippen molar-refractivity contribution in [1.82, 2.24) is 9.62 Å². The fourth-order valence-electron chi connectivity index (χ4n) is 2.34. The fraction of sp³-hybridized carbons (Fsp3) is 0.562. The lowest BCUT2D eigenvalue weighted by Crippen LogP contribution is -2.43. The number of rotatable bonds is 9. The Morgan fingerprint density at radius 3 is 2.58 bits per heavy atom. The number of amides is 1. The number of ether oxygens (including phenoxy) is 1. The Hall–Kier alpha value is -1.67. The minimum atomic E-state index is -4.05. The number of hydrogen-bond donors (Lipinski definition) is 1. The highest BCUT2D eigenvalue weighted by atomic mass is 32.2. The van der Waals surface area contributed by atoms with Gasteiger partial charge in [-0.1, -0.05) is 20.3 Å².